The highest BCUT2D eigenvalue weighted by molar-refractivity contribution is 6.01. The maximum atomic E-state index is 13.0. The molecule has 0 saturated carbocycles. The topological polar surface area (TPSA) is 78.1 Å². The maximum Gasteiger partial charge on any atom is 0.416 e. The average molecular weight is 377 g/mol. The molecule has 0 atom stereocenters. The molecule has 0 aliphatic rings. The van der Waals surface area contributed by atoms with Crippen LogP contribution in [-0.2, 0) is 11.0 Å². The third-order valence-corrected chi connectivity index (χ3v) is 3.96. The van der Waals surface area contributed by atoms with Gasteiger partial charge in [-0.25, -0.2) is 0 Å². The summed E-state index contributed by atoms with van der Waals surface area (Å²) in [5, 5.41) is 20.3. The molecular weight excluding hydrogens is 359 g/mol. The molecule has 0 fully saturated rings. The van der Waals surface area contributed by atoms with E-state index in [4.69, 9.17) is 5.11 Å². The highest BCUT2D eigenvalue weighted by Gasteiger charge is 2.30. The summed E-state index contributed by atoms with van der Waals surface area (Å²) < 4.78 is 40.6. The van der Waals surface area contributed by atoms with Crippen LogP contribution in [0, 0.1) is 25.2 Å². The predicted octanol–water partition coefficient (Wildman–Crippen LogP) is 3.13. The largest absolute Gasteiger partial charge is 0.416 e. The van der Waals surface area contributed by atoms with Crippen LogP contribution in [0.1, 0.15) is 22.5 Å². The first kappa shape index (κ1) is 20.3. The number of carbonyl (C=O) groups excluding carboxylic acids is 1. The van der Waals surface area contributed by atoms with Crippen LogP contribution in [0.2, 0.25) is 0 Å². The normalized spacial score (nSPS) is 12.0. The number of aryl methyl sites for hydroxylation is 1. The third-order valence-electron chi connectivity index (χ3n) is 3.96. The minimum absolute atomic E-state index is 0.0150. The highest BCUT2D eigenvalue weighted by Crippen LogP contribution is 2.31. The van der Waals surface area contributed by atoms with Crippen molar-refractivity contribution in [2.45, 2.75) is 20.0 Å². The number of aliphatic hydroxyl groups is 1. The Kier molecular flexibility index (Phi) is 6.08. The number of halogens is 3. The van der Waals surface area contributed by atoms with Crippen molar-refractivity contribution in [3.8, 4) is 11.8 Å². The average Bonchev–Trinajstić information content (AvgIpc) is 2.90. The number of nitrogens with zero attached hydrogens (tertiary/aromatic N) is 2. The van der Waals surface area contributed by atoms with E-state index in [1.54, 1.807) is 36.6 Å². The fraction of sp³-hybridized carbons (Fsp3) is 0.263. The fourth-order valence-corrected chi connectivity index (χ4v) is 2.72. The van der Waals surface area contributed by atoms with Crippen LogP contribution in [0.4, 0.5) is 13.2 Å². The molecule has 0 aliphatic heterocycles. The Balaban J connectivity index is 2.47. The van der Waals surface area contributed by atoms with E-state index in [1.807, 2.05) is 0 Å². The number of amides is 1. The van der Waals surface area contributed by atoms with Crippen molar-refractivity contribution in [1.29, 1.82) is 5.26 Å². The van der Waals surface area contributed by atoms with Gasteiger partial charge in [0.05, 0.1) is 12.2 Å². The number of nitrogens with one attached hydrogen (secondary N) is 1. The number of aliphatic hydroxyl groups excluding tert-OH is 1. The van der Waals surface area contributed by atoms with Gasteiger partial charge in [0.2, 0.25) is 0 Å². The summed E-state index contributed by atoms with van der Waals surface area (Å²) in [6.45, 7) is 3.18. The van der Waals surface area contributed by atoms with Crippen molar-refractivity contribution in [2.75, 3.05) is 13.2 Å². The van der Waals surface area contributed by atoms with E-state index in [-0.39, 0.29) is 18.7 Å². The lowest BCUT2D eigenvalue weighted by atomic mass is 10.1. The van der Waals surface area contributed by atoms with Gasteiger partial charge in [-0.05, 0) is 49.8 Å². The molecule has 2 rings (SSSR count). The van der Waals surface area contributed by atoms with E-state index in [2.05, 4.69) is 5.32 Å². The second kappa shape index (κ2) is 8.10. The predicted molar refractivity (Wildman–Crippen MR) is 93.9 cm³/mol. The lowest BCUT2D eigenvalue weighted by Gasteiger charge is -2.13. The number of hydrogen-bond acceptors (Lipinski definition) is 3. The standard InChI is InChI=1S/C19H18F3N3O2/c1-12-8-14(9-15(11-23)18(27)24-6-7-26)13(2)25(12)17-5-3-4-16(10-17)19(20,21)22/h3-5,8-10,26H,6-7H2,1-2H3,(H,24,27)/b15-9+. The van der Waals surface area contributed by atoms with E-state index in [1.165, 1.54) is 12.1 Å². The molecule has 5 nitrogen and oxygen atoms in total. The smallest absolute Gasteiger partial charge is 0.395 e. The van der Waals surface area contributed by atoms with E-state index >= 15 is 0 Å². The molecule has 0 aliphatic carbocycles. The van der Waals surface area contributed by atoms with Gasteiger partial charge in [0.25, 0.3) is 5.91 Å². The fourth-order valence-electron chi connectivity index (χ4n) is 2.72. The summed E-state index contributed by atoms with van der Waals surface area (Å²) in [7, 11) is 0. The lowest BCUT2D eigenvalue weighted by molar-refractivity contribution is -0.137. The monoisotopic (exact) mass is 377 g/mol. The first-order chi connectivity index (χ1) is 12.7. The first-order valence-corrected chi connectivity index (χ1v) is 8.06. The Bertz CT molecular complexity index is 921. The Morgan fingerprint density at radius 1 is 1.33 bits per heavy atom. The Morgan fingerprint density at radius 2 is 2.04 bits per heavy atom. The number of alkyl halides is 3. The molecule has 0 spiro atoms. The van der Waals surface area contributed by atoms with Gasteiger partial charge >= 0.3 is 6.18 Å². The molecule has 0 radical (unpaired) electrons. The SMILES string of the molecule is Cc1cc(/C=C(\C#N)C(=O)NCCO)c(C)n1-c1cccc(C(F)(F)F)c1. The minimum atomic E-state index is -4.45. The quantitative estimate of drug-likeness (QED) is 0.621. The van der Waals surface area contributed by atoms with E-state index in [0.717, 1.165) is 12.1 Å². The zero-order valence-corrected chi connectivity index (χ0v) is 14.8. The summed E-state index contributed by atoms with van der Waals surface area (Å²) >= 11 is 0. The van der Waals surface area contributed by atoms with E-state index in [0.29, 0.717) is 22.6 Å². The van der Waals surface area contributed by atoms with Crippen LogP contribution in [0.5, 0.6) is 0 Å². The molecule has 1 aromatic heterocycles. The van der Waals surface area contributed by atoms with Gasteiger partial charge in [-0.2, -0.15) is 18.4 Å². The summed E-state index contributed by atoms with van der Waals surface area (Å²) in [6, 6.07) is 8.41. The minimum Gasteiger partial charge on any atom is -0.395 e. The van der Waals surface area contributed by atoms with Crippen molar-refractivity contribution in [3.63, 3.8) is 0 Å². The molecule has 0 bridgehead atoms. The van der Waals surface area contributed by atoms with Crippen molar-refractivity contribution in [1.82, 2.24) is 9.88 Å². The van der Waals surface area contributed by atoms with Crippen LogP contribution < -0.4 is 5.32 Å². The molecule has 27 heavy (non-hydrogen) atoms. The molecule has 0 saturated heterocycles. The number of aromatic nitrogens is 1. The second-order valence-electron chi connectivity index (χ2n) is 5.86. The zero-order chi connectivity index (χ0) is 20.2. The van der Waals surface area contributed by atoms with Gasteiger partial charge < -0.3 is 15.0 Å². The molecule has 1 aromatic carbocycles. The molecule has 8 heteroatoms. The van der Waals surface area contributed by atoms with Crippen LogP contribution in [0.25, 0.3) is 11.8 Å². The third kappa shape index (κ3) is 4.57. The summed E-state index contributed by atoms with van der Waals surface area (Å²) in [5.41, 5.74) is 1.21. The lowest BCUT2D eigenvalue weighted by Crippen LogP contribution is -2.27. The number of benzene rings is 1. The van der Waals surface area contributed by atoms with Crippen molar-refractivity contribution in [3.05, 3.63) is 58.4 Å². The van der Waals surface area contributed by atoms with E-state index in [9.17, 15) is 23.2 Å². The summed E-state index contributed by atoms with van der Waals surface area (Å²) in [5.74, 6) is -0.629. The summed E-state index contributed by atoms with van der Waals surface area (Å²) in [6.07, 6.45) is -3.08. The molecular formula is C19H18F3N3O2. The number of hydrogen-bond donors (Lipinski definition) is 2. The van der Waals surface area contributed by atoms with Crippen LogP contribution in [-0.4, -0.2) is 28.7 Å². The summed E-state index contributed by atoms with van der Waals surface area (Å²) in [4.78, 5) is 11.9. The first-order valence-electron chi connectivity index (χ1n) is 8.06. The molecule has 2 N–H and O–H groups in total. The number of nitriles is 1. The molecule has 2 aromatic rings. The molecule has 1 amide bonds. The van der Waals surface area contributed by atoms with Gasteiger partial charge in [-0.1, -0.05) is 6.07 Å². The van der Waals surface area contributed by atoms with Crippen LogP contribution in [0.3, 0.4) is 0 Å². The van der Waals surface area contributed by atoms with Crippen LogP contribution in [0.15, 0.2) is 35.9 Å². The van der Waals surface area contributed by atoms with Crippen LogP contribution >= 0.6 is 0 Å². The van der Waals surface area contributed by atoms with Gasteiger partial charge in [-0.3, -0.25) is 4.79 Å². The Morgan fingerprint density at radius 3 is 2.63 bits per heavy atom. The molecule has 142 valence electrons. The van der Waals surface area contributed by atoms with Gasteiger partial charge in [0.15, 0.2) is 0 Å². The second-order valence-corrected chi connectivity index (χ2v) is 5.86. The van der Waals surface area contributed by atoms with Gasteiger partial charge in [0.1, 0.15) is 11.6 Å². The number of carbonyl (C=O) groups is 1. The Labute approximate surface area is 154 Å². The number of rotatable bonds is 5. The van der Waals surface area contributed by atoms with Crippen molar-refractivity contribution in [2.24, 2.45) is 0 Å². The van der Waals surface area contributed by atoms with Crippen molar-refractivity contribution >= 4 is 12.0 Å². The Hall–Kier alpha value is -3.05. The van der Waals surface area contributed by atoms with Gasteiger partial charge in [-0.15, -0.1) is 0 Å². The molecule has 0 unspecified atom stereocenters. The highest BCUT2D eigenvalue weighted by atomic mass is 19.4. The van der Waals surface area contributed by atoms with Gasteiger partial charge in [0, 0.05) is 23.6 Å². The maximum absolute atomic E-state index is 13.0. The zero-order valence-electron chi connectivity index (χ0n) is 14.8. The molecule has 1 heterocycles. The van der Waals surface area contributed by atoms with Crippen molar-refractivity contribution < 1.29 is 23.1 Å². The van der Waals surface area contributed by atoms with E-state index < -0.39 is 17.6 Å².